The Labute approximate surface area is 183 Å². The molecule has 0 aromatic heterocycles. The molecule has 1 aliphatic heterocycles. The third kappa shape index (κ3) is 4.49. The molecule has 1 aromatic carbocycles. The summed E-state index contributed by atoms with van der Waals surface area (Å²) in [7, 11) is 0. The van der Waals surface area contributed by atoms with Gasteiger partial charge in [-0.15, -0.1) is 0 Å². The zero-order chi connectivity index (χ0) is 21.9. The van der Waals surface area contributed by atoms with Crippen LogP contribution in [0.15, 0.2) is 35.5 Å². The minimum absolute atomic E-state index is 0.0259. The fourth-order valence-corrected chi connectivity index (χ4v) is 4.66. The fraction of sp³-hybridized carbons (Fsp3) is 0.565. The highest BCUT2D eigenvalue weighted by atomic mass is 35.5. The van der Waals surface area contributed by atoms with Crippen molar-refractivity contribution in [2.75, 3.05) is 19.7 Å². The molecule has 1 amide bonds. The fourth-order valence-electron chi connectivity index (χ4n) is 4.54. The van der Waals surface area contributed by atoms with Gasteiger partial charge in [-0.1, -0.05) is 30.2 Å². The number of carbonyl (C=O) groups excluding carboxylic acids is 1. The second kappa shape index (κ2) is 8.98. The molecule has 0 bridgehead atoms. The summed E-state index contributed by atoms with van der Waals surface area (Å²) in [6.07, 6.45) is 4.51. The highest BCUT2D eigenvalue weighted by Gasteiger charge is 2.53. The van der Waals surface area contributed by atoms with Crippen LogP contribution in [0.3, 0.4) is 0 Å². The largest absolute Gasteiger partial charge is 0.444 e. The van der Waals surface area contributed by atoms with Crippen molar-refractivity contribution in [1.82, 2.24) is 10.2 Å². The third-order valence-corrected chi connectivity index (χ3v) is 6.22. The number of benzene rings is 1. The first kappa shape index (κ1) is 22.6. The van der Waals surface area contributed by atoms with Crippen LogP contribution in [0.2, 0.25) is 5.02 Å². The van der Waals surface area contributed by atoms with Crippen LogP contribution in [0.4, 0.5) is 4.79 Å². The quantitative estimate of drug-likeness (QED) is 0.585. The first-order valence-electron chi connectivity index (χ1n) is 10.6. The molecule has 1 fully saturated rings. The zero-order valence-electron chi connectivity index (χ0n) is 18.0. The molecule has 0 spiro atoms. The molecule has 2 aliphatic rings. The van der Waals surface area contributed by atoms with E-state index in [0.29, 0.717) is 24.5 Å². The van der Waals surface area contributed by atoms with E-state index < -0.39 is 5.60 Å². The highest BCUT2D eigenvalue weighted by molar-refractivity contribution is 6.30. The van der Waals surface area contributed by atoms with Gasteiger partial charge in [0.2, 0.25) is 0 Å². The average molecular weight is 434 g/mol. The van der Waals surface area contributed by atoms with Crippen LogP contribution in [0.25, 0.3) is 0 Å². The normalized spacial score (nSPS) is 21.1. The number of ether oxygens (including phenoxy) is 1. The Balaban J connectivity index is 2.10. The number of rotatable bonds is 6. The molecule has 1 saturated carbocycles. The van der Waals surface area contributed by atoms with Crippen LogP contribution in [0.1, 0.15) is 52.0 Å². The lowest BCUT2D eigenvalue weighted by molar-refractivity contribution is -0.000839. The average Bonchev–Trinajstić information content (AvgIpc) is 2.65. The highest BCUT2D eigenvalue weighted by Crippen LogP contribution is 2.51. The van der Waals surface area contributed by atoms with E-state index in [1.54, 1.807) is 0 Å². The number of hydrogen-bond acceptors (Lipinski definition) is 5. The Morgan fingerprint density at radius 2 is 2.03 bits per heavy atom. The monoisotopic (exact) mass is 433 g/mol. The van der Waals surface area contributed by atoms with Gasteiger partial charge in [-0.2, -0.15) is 0 Å². The second-order valence-electron chi connectivity index (χ2n) is 9.08. The molecule has 7 heteroatoms. The molecule has 30 heavy (non-hydrogen) atoms. The van der Waals surface area contributed by atoms with E-state index in [0.717, 1.165) is 36.1 Å². The van der Waals surface area contributed by atoms with E-state index >= 15 is 0 Å². The summed E-state index contributed by atoms with van der Waals surface area (Å²) < 4.78 is 5.76. The summed E-state index contributed by atoms with van der Waals surface area (Å²) in [5.41, 5.74) is 1.96. The van der Waals surface area contributed by atoms with Gasteiger partial charge >= 0.3 is 6.09 Å². The lowest BCUT2D eigenvalue weighted by atomic mass is 9.58. The van der Waals surface area contributed by atoms with Crippen molar-refractivity contribution in [3.8, 4) is 0 Å². The number of nitrogens with one attached hydrogen (secondary N) is 2. The van der Waals surface area contributed by atoms with Crippen LogP contribution in [-0.4, -0.2) is 53.7 Å². The molecular formula is C23H32ClN3O3. The van der Waals surface area contributed by atoms with Crippen LogP contribution >= 0.6 is 11.6 Å². The maximum atomic E-state index is 13.2. The van der Waals surface area contributed by atoms with E-state index in [1.165, 1.54) is 6.21 Å². The van der Waals surface area contributed by atoms with Gasteiger partial charge in [0.05, 0.1) is 12.6 Å². The molecule has 0 radical (unpaired) electrons. The minimum atomic E-state index is -0.598. The Kier molecular flexibility index (Phi) is 6.78. The van der Waals surface area contributed by atoms with Crippen molar-refractivity contribution in [1.29, 1.82) is 5.41 Å². The Bertz CT molecular complexity index is 810. The maximum absolute atomic E-state index is 13.2. The van der Waals surface area contributed by atoms with Gasteiger partial charge in [0.1, 0.15) is 5.60 Å². The van der Waals surface area contributed by atoms with E-state index in [9.17, 15) is 9.90 Å². The summed E-state index contributed by atoms with van der Waals surface area (Å²) in [6.45, 7) is 6.43. The van der Waals surface area contributed by atoms with E-state index in [1.807, 2.05) is 49.9 Å². The zero-order valence-corrected chi connectivity index (χ0v) is 18.8. The Morgan fingerprint density at radius 3 is 2.53 bits per heavy atom. The summed E-state index contributed by atoms with van der Waals surface area (Å²) in [5.74, 6) is 0. The van der Waals surface area contributed by atoms with Gasteiger partial charge in [0.15, 0.2) is 0 Å². The number of halogens is 1. The van der Waals surface area contributed by atoms with Gasteiger partial charge in [-0.3, -0.25) is 4.90 Å². The summed E-state index contributed by atoms with van der Waals surface area (Å²) in [6, 6.07) is 7.56. The van der Waals surface area contributed by atoms with Crippen molar-refractivity contribution in [3.63, 3.8) is 0 Å². The van der Waals surface area contributed by atoms with Crippen molar-refractivity contribution in [3.05, 3.63) is 46.1 Å². The molecule has 0 saturated heterocycles. The second-order valence-corrected chi connectivity index (χ2v) is 9.51. The number of amides is 1. The van der Waals surface area contributed by atoms with Gasteiger partial charge in [-0.25, -0.2) is 4.79 Å². The predicted molar refractivity (Wildman–Crippen MR) is 119 cm³/mol. The van der Waals surface area contributed by atoms with Crippen LogP contribution in [0, 0.1) is 5.41 Å². The number of carbonyl (C=O) groups is 1. The first-order valence-corrected chi connectivity index (χ1v) is 10.9. The lowest BCUT2D eigenvalue weighted by Crippen LogP contribution is -2.61. The van der Waals surface area contributed by atoms with Crippen molar-refractivity contribution < 1.29 is 14.6 Å². The summed E-state index contributed by atoms with van der Waals surface area (Å²) in [5, 5.41) is 21.4. The lowest BCUT2D eigenvalue weighted by Gasteiger charge is -2.54. The maximum Gasteiger partial charge on any atom is 0.410 e. The molecule has 3 rings (SSSR count). The number of nitrogens with zero attached hydrogens (tertiary/aromatic N) is 1. The molecule has 1 aliphatic carbocycles. The third-order valence-electron chi connectivity index (χ3n) is 5.97. The van der Waals surface area contributed by atoms with Crippen LogP contribution < -0.4 is 5.32 Å². The number of hydrogen-bond donors (Lipinski definition) is 3. The molecule has 164 valence electrons. The van der Waals surface area contributed by atoms with Crippen molar-refractivity contribution in [2.24, 2.45) is 0 Å². The summed E-state index contributed by atoms with van der Waals surface area (Å²) in [4.78, 5) is 15.0. The van der Waals surface area contributed by atoms with Crippen molar-refractivity contribution in [2.45, 2.75) is 63.5 Å². The van der Waals surface area contributed by atoms with Crippen LogP contribution in [0.5, 0.6) is 0 Å². The van der Waals surface area contributed by atoms with Gasteiger partial charge in [0.25, 0.3) is 0 Å². The van der Waals surface area contributed by atoms with Gasteiger partial charge in [0, 0.05) is 35.4 Å². The van der Waals surface area contributed by atoms with E-state index in [-0.39, 0.29) is 24.2 Å². The first-order chi connectivity index (χ1) is 14.2. The minimum Gasteiger partial charge on any atom is -0.444 e. The summed E-state index contributed by atoms with van der Waals surface area (Å²) >= 11 is 6.14. The predicted octanol–water partition coefficient (Wildman–Crippen LogP) is 4.26. The molecule has 1 atom stereocenters. The Morgan fingerprint density at radius 1 is 1.37 bits per heavy atom. The Hall–Kier alpha value is -2.05. The molecular weight excluding hydrogens is 402 g/mol. The SMILES string of the molecule is CC(C)(C)OC(=O)N1CCC(C=N)=C(NCCO)C1C1(c2ccc(Cl)cc2)CCC1. The molecule has 6 nitrogen and oxygen atoms in total. The van der Waals surface area contributed by atoms with Crippen LogP contribution in [-0.2, 0) is 10.2 Å². The molecule has 3 N–H and O–H groups in total. The van der Waals surface area contributed by atoms with Crippen molar-refractivity contribution >= 4 is 23.9 Å². The van der Waals surface area contributed by atoms with Gasteiger partial charge in [-0.05, 0) is 63.3 Å². The topological polar surface area (TPSA) is 85.7 Å². The van der Waals surface area contributed by atoms with Gasteiger partial charge < -0.3 is 20.6 Å². The van der Waals surface area contributed by atoms with E-state index in [4.69, 9.17) is 21.7 Å². The molecule has 1 aromatic rings. The van der Waals surface area contributed by atoms with E-state index in [2.05, 4.69) is 5.32 Å². The number of aliphatic hydroxyl groups is 1. The smallest absolute Gasteiger partial charge is 0.410 e. The molecule has 1 unspecified atom stereocenters. The number of aliphatic hydroxyl groups excluding tert-OH is 1. The molecule has 1 heterocycles. The standard InChI is InChI=1S/C23H32ClN3O3/c1-22(2,3)30-21(29)27-13-9-16(15-25)19(26-12-14-28)20(27)23(10-4-11-23)17-5-7-18(24)8-6-17/h5-8,15,20,25-26,28H,4,9-14H2,1-3H3.